The van der Waals surface area contributed by atoms with Gasteiger partial charge in [0.05, 0.1) is 13.7 Å². The summed E-state index contributed by atoms with van der Waals surface area (Å²) in [5.74, 6) is 2.61. The molecule has 7 nitrogen and oxygen atoms in total. The number of aromatic nitrogens is 3. The molecule has 1 atom stereocenters. The SMILES string of the molecule is COc1ccc(CN2Cc3nnc(Cc4ccc(O)cc4)n3[C@@H](C)C2=O)cc1. The number of rotatable bonds is 5. The number of phenols is 1. The first kappa shape index (κ1) is 18.0. The molecular formula is C21H22N4O3. The van der Waals surface area contributed by atoms with Gasteiger partial charge in [-0.1, -0.05) is 24.3 Å². The van der Waals surface area contributed by atoms with Gasteiger partial charge in [-0.3, -0.25) is 4.79 Å². The molecule has 0 aliphatic carbocycles. The number of ether oxygens (including phenoxy) is 1. The third-order valence-corrected chi connectivity index (χ3v) is 5.06. The Morgan fingerprint density at radius 1 is 1.07 bits per heavy atom. The average molecular weight is 378 g/mol. The van der Waals surface area contributed by atoms with Crippen LogP contribution in [-0.2, 0) is 24.3 Å². The fraction of sp³-hybridized carbons (Fsp3) is 0.286. The van der Waals surface area contributed by atoms with Crippen molar-refractivity contribution in [2.75, 3.05) is 7.11 Å². The topological polar surface area (TPSA) is 80.5 Å². The summed E-state index contributed by atoms with van der Waals surface area (Å²) in [6, 6.07) is 14.4. The van der Waals surface area contributed by atoms with Crippen LogP contribution >= 0.6 is 0 Å². The number of carbonyl (C=O) groups is 1. The van der Waals surface area contributed by atoms with Gasteiger partial charge >= 0.3 is 0 Å². The number of phenolic OH excluding ortho intramolecular Hbond substituents is 1. The Balaban J connectivity index is 1.54. The van der Waals surface area contributed by atoms with Crippen LogP contribution in [-0.4, -0.2) is 37.8 Å². The molecule has 7 heteroatoms. The predicted octanol–water partition coefficient (Wildman–Crippen LogP) is 2.69. The lowest BCUT2D eigenvalue weighted by Crippen LogP contribution is -2.41. The zero-order chi connectivity index (χ0) is 19.7. The normalized spacial score (nSPS) is 16.1. The molecule has 1 aliphatic rings. The van der Waals surface area contributed by atoms with E-state index in [0.29, 0.717) is 19.5 Å². The van der Waals surface area contributed by atoms with Crippen LogP contribution in [0.4, 0.5) is 0 Å². The Bertz CT molecular complexity index is 980. The maximum absolute atomic E-state index is 13.0. The first-order valence-corrected chi connectivity index (χ1v) is 9.17. The Morgan fingerprint density at radius 3 is 2.43 bits per heavy atom. The summed E-state index contributed by atoms with van der Waals surface area (Å²) in [6.45, 7) is 2.83. The Labute approximate surface area is 163 Å². The van der Waals surface area contributed by atoms with Gasteiger partial charge in [-0.15, -0.1) is 10.2 Å². The van der Waals surface area contributed by atoms with E-state index in [0.717, 1.165) is 28.5 Å². The number of benzene rings is 2. The molecule has 0 radical (unpaired) electrons. The monoisotopic (exact) mass is 378 g/mol. The van der Waals surface area contributed by atoms with Crippen molar-refractivity contribution in [1.29, 1.82) is 0 Å². The summed E-state index contributed by atoms with van der Waals surface area (Å²) < 4.78 is 7.12. The average Bonchev–Trinajstić information content (AvgIpc) is 3.10. The molecule has 1 amide bonds. The van der Waals surface area contributed by atoms with E-state index in [-0.39, 0.29) is 17.7 Å². The number of aromatic hydroxyl groups is 1. The molecule has 3 aromatic rings. The number of carbonyl (C=O) groups excluding carboxylic acids is 1. The van der Waals surface area contributed by atoms with E-state index < -0.39 is 0 Å². The van der Waals surface area contributed by atoms with Crippen LogP contribution in [0.15, 0.2) is 48.5 Å². The van der Waals surface area contributed by atoms with Crippen molar-refractivity contribution in [3.8, 4) is 11.5 Å². The molecule has 2 aromatic carbocycles. The Morgan fingerprint density at radius 2 is 1.75 bits per heavy atom. The van der Waals surface area contributed by atoms with Crippen LogP contribution < -0.4 is 4.74 Å². The van der Waals surface area contributed by atoms with Crippen LogP contribution in [0.5, 0.6) is 11.5 Å². The first-order chi connectivity index (χ1) is 13.5. The fourth-order valence-electron chi connectivity index (χ4n) is 3.54. The lowest BCUT2D eigenvalue weighted by atomic mass is 10.1. The van der Waals surface area contributed by atoms with Gasteiger partial charge in [0.15, 0.2) is 5.82 Å². The van der Waals surface area contributed by atoms with E-state index in [4.69, 9.17) is 4.74 Å². The second-order valence-electron chi connectivity index (χ2n) is 6.96. The second-order valence-corrected chi connectivity index (χ2v) is 6.96. The lowest BCUT2D eigenvalue weighted by molar-refractivity contribution is -0.137. The van der Waals surface area contributed by atoms with E-state index in [1.165, 1.54) is 0 Å². The highest BCUT2D eigenvalue weighted by Crippen LogP contribution is 2.26. The standard InChI is InChI=1S/C21H22N4O3/c1-14-21(27)24(12-16-5-9-18(28-2)10-6-16)13-20-23-22-19(25(14)20)11-15-3-7-17(26)8-4-15/h3-10,14,26H,11-13H2,1-2H3/t14-/m0/s1. The van der Waals surface area contributed by atoms with Gasteiger partial charge in [0, 0.05) is 13.0 Å². The zero-order valence-electron chi connectivity index (χ0n) is 15.9. The molecule has 144 valence electrons. The molecule has 0 saturated carbocycles. The molecular weight excluding hydrogens is 356 g/mol. The molecule has 4 rings (SSSR count). The summed E-state index contributed by atoms with van der Waals surface area (Å²) >= 11 is 0. The van der Waals surface area contributed by atoms with Gasteiger partial charge in [0.1, 0.15) is 23.4 Å². The number of amides is 1. The molecule has 0 saturated heterocycles. The molecule has 1 aromatic heterocycles. The number of methoxy groups -OCH3 is 1. The van der Waals surface area contributed by atoms with Crippen molar-refractivity contribution in [3.05, 3.63) is 71.3 Å². The summed E-state index contributed by atoms with van der Waals surface area (Å²) in [5, 5.41) is 18.1. The van der Waals surface area contributed by atoms with Crippen molar-refractivity contribution in [3.63, 3.8) is 0 Å². The summed E-state index contributed by atoms with van der Waals surface area (Å²) in [6.07, 6.45) is 0.559. The largest absolute Gasteiger partial charge is 0.508 e. The Hall–Kier alpha value is -3.35. The minimum Gasteiger partial charge on any atom is -0.508 e. The lowest BCUT2D eigenvalue weighted by Gasteiger charge is -2.32. The first-order valence-electron chi connectivity index (χ1n) is 9.17. The number of hydrogen-bond donors (Lipinski definition) is 1. The van der Waals surface area contributed by atoms with E-state index in [1.54, 1.807) is 24.1 Å². The quantitative estimate of drug-likeness (QED) is 0.738. The van der Waals surface area contributed by atoms with Gasteiger partial charge in [-0.2, -0.15) is 0 Å². The van der Waals surface area contributed by atoms with Crippen LogP contribution in [0, 0.1) is 0 Å². The van der Waals surface area contributed by atoms with E-state index in [1.807, 2.05) is 47.9 Å². The maximum atomic E-state index is 13.0. The highest BCUT2D eigenvalue weighted by Gasteiger charge is 2.33. The van der Waals surface area contributed by atoms with Crippen LogP contribution in [0.2, 0.25) is 0 Å². The van der Waals surface area contributed by atoms with Crippen molar-refractivity contribution in [2.45, 2.75) is 32.5 Å². The van der Waals surface area contributed by atoms with E-state index in [9.17, 15) is 9.90 Å². The van der Waals surface area contributed by atoms with Gasteiger partial charge in [-0.05, 0) is 42.3 Å². The third-order valence-electron chi connectivity index (χ3n) is 5.06. The second kappa shape index (κ2) is 7.34. The molecule has 28 heavy (non-hydrogen) atoms. The summed E-state index contributed by atoms with van der Waals surface area (Å²) in [7, 11) is 1.63. The van der Waals surface area contributed by atoms with Crippen LogP contribution in [0.1, 0.15) is 35.7 Å². The highest BCUT2D eigenvalue weighted by molar-refractivity contribution is 5.81. The molecule has 1 aliphatic heterocycles. The van der Waals surface area contributed by atoms with Crippen molar-refractivity contribution >= 4 is 5.91 Å². The fourth-order valence-corrected chi connectivity index (χ4v) is 3.54. The highest BCUT2D eigenvalue weighted by atomic mass is 16.5. The number of hydrogen-bond acceptors (Lipinski definition) is 5. The molecule has 0 spiro atoms. The van der Waals surface area contributed by atoms with Crippen LogP contribution in [0.25, 0.3) is 0 Å². The zero-order valence-corrected chi connectivity index (χ0v) is 15.9. The summed E-state index contributed by atoms with van der Waals surface area (Å²) in [5.41, 5.74) is 2.05. The van der Waals surface area contributed by atoms with Gasteiger partial charge in [0.25, 0.3) is 0 Å². The van der Waals surface area contributed by atoms with Crippen LogP contribution in [0.3, 0.4) is 0 Å². The predicted molar refractivity (Wildman–Crippen MR) is 103 cm³/mol. The van der Waals surface area contributed by atoms with Crippen molar-refractivity contribution in [2.24, 2.45) is 0 Å². The molecule has 1 N–H and O–H groups in total. The van der Waals surface area contributed by atoms with Crippen molar-refractivity contribution in [1.82, 2.24) is 19.7 Å². The molecule has 0 unspecified atom stereocenters. The number of fused-ring (bicyclic) bond motifs is 1. The minimum absolute atomic E-state index is 0.0510. The minimum atomic E-state index is -0.357. The van der Waals surface area contributed by atoms with Gasteiger partial charge in [0.2, 0.25) is 5.91 Å². The van der Waals surface area contributed by atoms with E-state index in [2.05, 4.69) is 10.2 Å². The number of nitrogens with zero attached hydrogens (tertiary/aromatic N) is 4. The van der Waals surface area contributed by atoms with Crippen molar-refractivity contribution < 1.29 is 14.6 Å². The van der Waals surface area contributed by atoms with E-state index >= 15 is 0 Å². The maximum Gasteiger partial charge on any atom is 0.246 e. The smallest absolute Gasteiger partial charge is 0.246 e. The molecule has 0 fully saturated rings. The molecule has 0 bridgehead atoms. The van der Waals surface area contributed by atoms with Gasteiger partial charge in [-0.25, -0.2) is 0 Å². The molecule has 2 heterocycles. The van der Waals surface area contributed by atoms with Gasteiger partial charge < -0.3 is 19.3 Å². The summed E-state index contributed by atoms with van der Waals surface area (Å²) in [4.78, 5) is 14.8. The Kier molecular flexibility index (Phi) is 4.73. The third kappa shape index (κ3) is 3.43.